The fraction of sp³-hybridized carbons (Fsp3) is 0.0769. The number of nitrogens with zero attached hydrogens (tertiary/aromatic N) is 1. The molecule has 110 valence electrons. The number of amides is 1. The number of rotatable bonds is 5. The minimum Gasteiger partial charge on any atom is -0.482 e. The van der Waals surface area contributed by atoms with Crippen molar-refractivity contribution < 1.29 is 13.9 Å². The first-order valence-electron chi connectivity index (χ1n) is 5.69. The highest BCUT2D eigenvalue weighted by Gasteiger charge is 2.05. The Morgan fingerprint density at radius 1 is 1.29 bits per heavy atom. The van der Waals surface area contributed by atoms with E-state index in [1.54, 1.807) is 24.3 Å². The molecule has 1 aromatic heterocycles. The molecular weight excluding hydrogens is 339 g/mol. The van der Waals surface area contributed by atoms with Crippen LogP contribution in [-0.4, -0.2) is 18.7 Å². The van der Waals surface area contributed by atoms with E-state index in [0.29, 0.717) is 21.6 Å². The molecule has 1 heterocycles. The zero-order chi connectivity index (χ0) is 15.2. The van der Waals surface area contributed by atoms with Crippen molar-refractivity contribution >= 4 is 46.9 Å². The van der Waals surface area contributed by atoms with Crippen molar-refractivity contribution in [3.8, 4) is 5.75 Å². The molecule has 0 radical (unpaired) electrons. The van der Waals surface area contributed by atoms with Gasteiger partial charge in [-0.05, 0) is 41.9 Å². The summed E-state index contributed by atoms with van der Waals surface area (Å²) in [6.07, 6.45) is 1.32. The first-order chi connectivity index (χ1) is 10.0. The van der Waals surface area contributed by atoms with Crippen LogP contribution in [0.2, 0.25) is 15.3 Å². The highest BCUT2D eigenvalue weighted by atomic mass is 35.5. The third-order valence-electron chi connectivity index (χ3n) is 2.23. The van der Waals surface area contributed by atoms with Gasteiger partial charge in [0, 0.05) is 5.02 Å². The lowest BCUT2D eigenvalue weighted by Gasteiger charge is -2.06. The molecule has 1 amide bonds. The van der Waals surface area contributed by atoms with Gasteiger partial charge < -0.3 is 9.15 Å². The lowest BCUT2D eigenvalue weighted by Crippen LogP contribution is -2.24. The van der Waals surface area contributed by atoms with Gasteiger partial charge in [0.05, 0.1) is 11.2 Å². The Balaban J connectivity index is 1.81. The molecule has 0 aliphatic rings. The monoisotopic (exact) mass is 346 g/mol. The molecule has 0 saturated heterocycles. The van der Waals surface area contributed by atoms with Gasteiger partial charge in [-0.2, -0.15) is 5.10 Å². The van der Waals surface area contributed by atoms with E-state index in [0.717, 1.165) is 0 Å². The second-order valence-corrected chi connectivity index (χ2v) is 5.01. The summed E-state index contributed by atoms with van der Waals surface area (Å²) in [6, 6.07) is 7.89. The third kappa shape index (κ3) is 4.97. The van der Waals surface area contributed by atoms with Gasteiger partial charge in [0.15, 0.2) is 11.8 Å². The molecule has 1 N–H and O–H groups in total. The number of furan rings is 1. The molecule has 0 aliphatic heterocycles. The van der Waals surface area contributed by atoms with Crippen LogP contribution in [0.4, 0.5) is 0 Å². The summed E-state index contributed by atoms with van der Waals surface area (Å²) in [7, 11) is 0. The van der Waals surface area contributed by atoms with Crippen LogP contribution in [0.1, 0.15) is 5.76 Å². The van der Waals surface area contributed by atoms with E-state index < -0.39 is 5.91 Å². The van der Waals surface area contributed by atoms with Gasteiger partial charge in [-0.25, -0.2) is 5.43 Å². The fourth-order valence-corrected chi connectivity index (χ4v) is 1.95. The topological polar surface area (TPSA) is 63.8 Å². The highest BCUT2D eigenvalue weighted by molar-refractivity contribution is 6.35. The molecule has 2 aromatic rings. The van der Waals surface area contributed by atoms with Gasteiger partial charge in [0.2, 0.25) is 0 Å². The minimum atomic E-state index is -0.449. The maximum absolute atomic E-state index is 11.5. The van der Waals surface area contributed by atoms with Crippen LogP contribution >= 0.6 is 34.8 Å². The molecule has 1 aromatic carbocycles. The predicted octanol–water partition coefficient (Wildman–Crippen LogP) is 3.77. The van der Waals surface area contributed by atoms with Gasteiger partial charge in [-0.1, -0.05) is 23.2 Å². The molecule has 2 rings (SSSR count). The highest BCUT2D eigenvalue weighted by Crippen LogP contribution is 2.27. The average molecular weight is 348 g/mol. The van der Waals surface area contributed by atoms with E-state index in [1.807, 2.05) is 0 Å². The van der Waals surface area contributed by atoms with E-state index in [4.69, 9.17) is 44.0 Å². The SMILES string of the molecule is O=C(COc1ccc(Cl)cc1Cl)N/N=C\c1ccc(Cl)o1. The molecule has 5 nitrogen and oxygen atoms in total. The first-order valence-corrected chi connectivity index (χ1v) is 6.83. The molecule has 0 saturated carbocycles. The lowest BCUT2D eigenvalue weighted by atomic mass is 10.3. The van der Waals surface area contributed by atoms with E-state index in [2.05, 4.69) is 10.5 Å². The molecule has 0 aliphatic carbocycles. The molecule has 0 fully saturated rings. The Labute approximate surface area is 135 Å². The number of carbonyl (C=O) groups is 1. The van der Waals surface area contributed by atoms with Crippen LogP contribution in [0.25, 0.3) is 0 Å². The summed E-state index contributed by atoms with van der Waals surface area (Å²) >= 11 is 17.2. The summed E-state index contributed by atoms with van der Waals surface area (Å²) < 4.78 is 10.3. The summed E-state index contributed by atoms with van der Waals surface area (Å²) in [5.41, 5.74) is 2.27. The molecule has 0 spiro atoms. The molecule has 8 heteroatoms. The van der Waals surface area contributed by atoms with Gasteiger partial charge >= 0.3 is 0 Å². The number of benzene rings is 1. The van der Waals surface area contributed by atoms with E-state index in [1.165, 1.54) is 12.3 Å². The number of hydrazone groups is 1. The van der Waals surface area contributed by atoms with Gasteiger partial charge in [0.25, 0.3) is 5.91 Å². The summed E-state index contributed by atoms with van der Waals surface area (Å²) in [6.45, 7) is -0.238. The average Bonchev–Trinajstić information content (AvgIpc) is 2.83. The zero-order valence-corrected chi connectivity index (χ0v) is 12.7. The maximum Gasteiger partial charge on any atom is 0.277 e. The number of halogens is 3. The molecule has 21 heavy (non-hydrogen) atoms. The van der Waals surface area contributed by atoms with Crippen molar-refractivity contribution in [1.29, 1.82) is 0 Å². The molecular formula is C13H9Cl3N2O3. The van der Waals surface area contributed by atoms with Crippen LogP contribution in [0.5, 0.6) is 5.75 Å². The largest absolute Gasteiger partial charge is 0.482 e. The van der Waals surface area contributed by atoms with E-state index >= 15 is 0 Å². The Hall–Kier alpha value is -1.69. The smallest absolute Gasteiger partial charge is 0.277 e. The molecule has 0 unspecified atom stereocenters. The summed E-state index contributed by atoms with van der Waals surface area (Å²) in [5, 5.41) is 4.74. The number of nitrogens with one attached hydrogen (secondary N) is 1. The summed E-state index contributed by atoms with van der Waals surface area (Å²) in [5.74, 6) is 0.329. The van der Waals surface area contributed by atoms with Gasteiger partial charge in [-0.15, -0.1) is 0 Å². The predicted molar refractivity (Wildman–Crippen MR) is 81.4 cm³/mol. The van der Waals surface area contributed by atoms with Crippen molar-refractivity contribution in [3.05, 3.63) is 51.4 Å². The second-order valence-electron chi connectivity index (χ2n) is 3.80. The summed E-state index contributed by atoms with van der Waals surface area (Å²) in [4.78, 5) is 11.5. The third-order valence-corrected chi connectivity index (χ3v) is 2.96. The van der Waals surface area contributed by atoms with Crippen LogP contribution in [-0.2, 0) is 4.79 Å². The zero-order valence-electron chi connectivity index (χ0n) is 10.5. The van der Waals surface area contributed by atoms with E-state index in [-0.39, 0.29) is 11.8 Å². The minimum absolute atomic E-state index is 0.238. The quantitative estimate of drug-likeness (QED) is 0.661. The van der Waals surface area contributed by atoms with Crippen LogP contribution in [0, 0.1) is 0 Å². The Kier molecular flexibility index (Phi) is 5.50. The Morgan fingerprint density at radius 2 is 2.10 bits per heavy atom. The fourth-order valence-electron chi connectivity index (χ4n) is 1.33. The number of hydrogen-bond acceptors (Lipinski definition) is 4. The first kappa shape index (κ1) is 15.7. The van der Waals surface area contributed by atoms with Crippen LogP contribution < -0.4 is 10.2 Å². The number of hydrogen-bond donors (Lipinski definition) is 1. The van der Waals surface area contributed by atoms with Crippen molar-refractivity contribution in [1.82, 2.24) is 5.43 Å². The van der Waals surface area contributed by atoms with Gasteiger partial charge in [0.1, 0.15) is 11.5 Å². The van der Waals surface area contributed by atoms with Crippen molar-refractivity contribution in [3.63, 3.8) is 0 Å². The molecule has 0 atom stereocenters. The number of ether oxygens (including phenoxy) is 1. The van der Waals surface area contributed by atoms with E-state index in [9.17, 15) is 4.79 Å². The van der Waals surface area contributed by atoms with Crippen molar-refractivity contribution in [2.45, 2.75) is 0 Å². The van der Waals surface area contributed by atoms with Gasteiger partial charge in [-0.3, -0.25) is 4.79 Å². The molecule has 0 bridgehead atoms. The second kappa shape index (κ2) is 7.36. The standard InChI is InChI=1S/C13H9Cl3N2O3/c14-8-1-3-11(10(15)5-8)20-7-13(19)18-17-6-9-2-4-12(16)21-9/h1-6H,7H2,(H,18,19)/b17-6-. The maximum atomic E-state index is 11.5. The lowest BCUT2D eigenvalue weighted by molar-refractivity contribution is -0.123. The number of carbonyl (C=O) groups excluding carboxylic acids is 1. The Morgan fingerprint density at radius 3 is 2.76 bits per heavy atom. The Bertz CT molecular complexity index is 670. The normalized spacial score (nSPS) is 10.8. The van der Waals surface area contributed by atoms with Crippen LogP contribution in [0.15, 0.2) is 39.9 Å². The van der Waals surface area contributed by atoms with Crippen LogP contribution in [0.3, 0.4) is 0 Å². The van der Waals surface area contributed by atoms with Crippen molar-refractivity contribution in [2.24, 2.45) is 5.10 Å². The van der Waals surface area contributed by atoms with Crippen molar-refractivity contribution in [2.75, 3.05) is 6.61 Å².